The summed E-state index contributed by atoms with van der Waals surface area (Å²) < 4.78 is 30.3. The molecule has 0 rings (SSSR count). The first-order valence-electron chi connectivity index (χ1n) is 5.17. The summed E-state index contributed by atoms with van der Waals surface area (Å²) in [4.78, 5) is 11.8. The van der Waals surface area contributed by atoms with Crippen LogP contribution in [0.1, 0.15) is 41.0 Å². The van der Waals surface area contributed by atoms with Gasteiger partial charge in [0.1, 0.15) is 0 Å². The van der Waals surface area contributed by atoms with E-state index in [1.807, 2.05) is 6.92 Å². The smallest absolute Gasteiger partial charge is 0.267 e. The van der Waals surface area contributed by atoms with Gasteiger partial charge in [0.25, 0.3) is 10.1 Å². The van der Waals surface area contributed by atoms with Gasteiger partial charge in [0, 0.05) is 5.41 Å². The molecule has 1 amide bonds. The number of amides is 1. The molecule has 0 aliphatic rings. The van der Waals surface area contributed by atoms with E-state index in [0.29, 0.717) is 6.42 Å². The van der Waals surface area contributed by atoms with Gasteiger partial charge in [-0.1, -0.05) is 20.8 Å². The van der Waals surface area contributed by atoms with Crippen molar-refractivity contribution in [1.82, 2.24) is 5.32 Å². The molecule has 0 spiro atoms. The molecule has 0 aliphatic heterocycles. The van der Waals surface area contributed by atoms with Crippen molar-refractivity contribution in [2.45, 2.75) is 46.6 Å². The second-order valence-electron chi connectivity index (χ2n) is 5.30. The van der Waals surface area contributed by atoms with Crippen LogP contribution < -0.4 is 5.32 Å². The highest BCUT2D eigenvalue weighted by Gasteiger charge is 2.32. The quantitative estimate of drug-likeness (QED) is 0.719. The van der Waals surface area contributed by atoms with Crippen LogP contribution in [-0.2, 0) is 14.9 Å². The van der Waals surface area contributed by atoms with Gasteiger partial charge in [-0.3, -0.25) is 9.35 Å². The Morgan fingerprint density at radius 2 is 1.69 bits per heavy atom. The molecule has 0 atom stereocenters. The van der Waals surface area contributed by atoms with E-state index >= 15 is 0 Å². The van der Waals surface area contributed by atoms with E-state index in [2.05, 4.69) is 5.32 Å². The van der Waals surface area contributed by atoms with Crippen molar-refractivity contribution in [2.75, 3.05) is 5.75 Å². The second kappa shape index (κ2) is 4.71. The molecule has 0 unspecified atom stereocenters. The van der Waals surface area contributed by atoms with Crippen molar-refractivity contribution in [3.63, 3.8) is 0 Å². The van der Waals surface area contributed by atoms with Gasteiger partial charge in [-0.2, -0.15) is 8.42 Å². The molecule has 2 N–H and O–H groups in total. The summed E-state index contributed by atoms with van der Waals surface area (Å²) >= 11 is 0. The lowest BCUT2D eigenvalue weighted by molar-refractivity contribution is -0.130. The molecule has 0 radical (unpaired) electrons. The Morgan fingerprint density at radius 3 is 2.00 bits per heavy atom. The van der Waals surface area contributed by atoms with Crippen molar-refractivity contribution in [1.29, 1.82) is 0 Å². The predicted octanol–water partition coefficient (Wildman–Crippen LogP) is 1.21. The van der Waals surface area contributed by atoms with Gasteiger partial charge in [0.15, 0.2) is 0 Å². The zero-order valence-corrected chi connectivity index (χ0v) is 11.3. The van der Waals surface area contributed by atoms with Crippen LogP contribution in [-0.4, -0.2) is 30.2 Å². The largest absolute Gasteiger partial charge is 0.350 e. The maximum Gasteiger partial charge on any atom is 0.267 e. The maximum absolute atomic E-state index is 11.8. The van der Waals surface area contributed by atoms with Crippen molar-refractivity contribution in [2.24, 2.45) is 5.41 Å². The van der Waals surface area contributed by atoms with Crippen molar-refractivity contribution < 1.29 is 17.8 Å². The lowest BCUT2D eigenvalue weighted by Crippen LogP contribution is -2.52. The fourth-order valence-corrected chi connectivity index (χ4v) is 2.11. The zero-order chi connectivity index (χ0) is 13.2. The first kappa shape index (κ1) is 15.4. The average molecular weight is 251 g/mol. The van der Waals surface area contributed by atoms with Gasteiger partial charge in [-0.05, 0) is 20.3 Å². The summed E-state index contributed by atoms with van der Waals surface area (Å²) in [7, 11) is -4.09. The number of carbonyl (C=O) groups is 1. The number of hydrogen-bond acceptors (Lipinski definition) is 3. The van der Waals surface area contributed by atoms with Crippen molar-refractivity contribution in [3.05, 3.63) is 0 Å². The summed E-state index contributed by atoms with van der Waals surface area (Å²) in [5.41, 5.74) is -1.52. The molecule has 0 heterocycles. The van der Waals surface area contributed by atoms with Crippen LogP contribution in [0.25, 0.3) is 0 Å². The first-order chi connectivity index (χ1) is 6.90. The van der Waals surface area contributed by atoms with Gasteiger partial charge in [-0.25, -0.2) is 0 Å². The topological polar surface area (TPSA) is 83.5 Å². The lowest BCUT2D eigenvalue weighted by Gasteiger charge is -2.30. The van der Waals surface area contributed by atoms with E-state index in [-0.39, 0.29) is 5.91 Å². The number of nitrogens with one attached hydrogen (secondary N) is 1. The summed E-state index contributed by atoms with van der Waals surface area (Å²) in [6.45, 7) is 8.57. The fraction of sp³-hybridized carbons (Fsp3) is 0.900. The number of rotatable bonds is 5. The Labute approximate surface area is 97.4 Å². The standard InChI is InChI=1S/C10H21NO4S/c1-6-9(2,3)8(12)11-10(4,5)7-16(13,14)15/h6-7H2,1-5H3,(H,11,12)(H,13,14,15). The minimum atomic E-state index is -4.09. The molecule has 0 bridgehead atoms. The van der Waals surface area contributed by atoms with Crippen LogP contribution in [0.2, 0.25) is 0 Å². The minimum absolute atomic E-state index is 0.219. The lowest BCUT2D eigenvalue weighted by atomic mass is 9.88. The normalized spacial score (nSPS) is 13.6. The molecule has 6 heteroatoms. The molecule has 0 fully saturated rings. The van der Waals surface area contributed by atoms with E-state index in [9.17, 15) is 13.2 Å². The van der Waals surface area contributed by atoms with Crippen LogP contribution in [0.4, 0.5) is 0 Å². The third-order valence-electron chi connectivity index (χ3n) is 2.49. The molecule has 0 saturated carbocycles. The molecule has 16 heavy (non-hydrogen) atoms. The van der Waals surface area contributed by atoms with Gasteiger partial charge in [0.2, 0.25) is 5.91 Å². The zero-order valence-electron chi connectivity index (χ0n) is 10.5. The highest BCUT2D eigenvalue weighted by Crippen LogP contribution is 2.21. The molecule has 5 nitrogen and oxygen atoms in total. The molecule has 0 aromatic heterocycles. The Balaban J connectivity index is 4.67. The molecule has 96 valence electrons. The molecule has 0 aliphatic carbocycles. The Bertz CT molecular complexity index is 357. The molecular weight excluding hydrogens is 230 g/mol. The molecule has 0 saturated heterocycles. The average Bonchev–Trinajstić information content (AvgIpc) is 1.98. The van der Waals surface area contributed by atoms with Crippen LogP contribution in [0.3, 0.4) is 0 Å². The maximum atomic E-state index is 11.8. The summed E-state index contributed by atoms with van der Waals surface area (Å²) in [6, 6.07) is 0. The minimum Gasteiger partial charge on any atom is -0.350 e. The van der Waals surface area contributed by atoms with E-state index < -0.39 is 26.8 Å². The second-order valence-corrected chi connectivity index (χ2v) is 6.75. The highest BCUT2D eigenvalue weighted by molar-refractivity contribution is 7.85. The Hall–Kier alpha value is -0.620. The molecule has 0 aromatic carbocycles. The van der Waals surface area contributed by atoms with E-state index in [1.54, 1.807) is 27.7 Å². The monoisotopic (exact) mass is 251 g/mol. The predicted molar refractivity (Wildman–Crippen MR) is 62.7 cm³/mol. The highest BCUT2D eigenvalue weighted by atomic mass is 32.2. The van der Waals surface area contributed by atoms with Gasteiger partial charge in [-0.15, -0.1) is 0 Å². The van der Waals surface area contributed by atoms with E-state index in [1.165, 1.54) is 0 Å². The SMILES string of the molecule is CCC(C)(C)C(=O)NC(C)(C)CS(=O)(=O)O. The fourth-order valence-electron chi connectivity index (χ4n) is 1.13. The van der Waals surface area contributed by atoms with E-state index in [0.717, 1.165) is 0 Å². The van der Waals surface area contributed by atoms with E-state index in [4.69, 9.17) is 4.55 Å². The first-order valence-corrected chi connectivity index (χ1v) is 6.78. The van der Waals surface area contributed by atoms with Gasteiger partial charge in [0.05, 0.1) is 11.3 Å². The summed E-state index contributed by atoms with van der Waals surface area (Å²) in [5, 5.41) is 2.63. The Morgan fingerprint density at radius 1 is 1.25 bits per heavy atom. The third-order valence-corrected chi connectivity index (χ3v) is 3.58. The molecular formula is C10H21NO4S. The van der Waals surface area contributed by atoms with Gasteiger partial charge >= 0.3 is 0 Å². The van der Waals surface area contributed by atoms with Crippen molar-refractivity contribution >= 4 is 16.0 Å². The van der Waals surface area contributed by atoms with Crippen molar-refractivity contribution in [3.8, 4) is 0 Å². The number of hydrogen-bond donors (Lipinski definition) is 2. The molecule has 0 aromatic rings. The number of carbonyl (C=O) groups excluding carboxylic acids is 1. The Kier molecular flexibility index (Phi) is 4.53. The van der Waals surface area contributed by atoms with Crippen LogP contribution in [0.5, 0.6) is 0 Å². The van der Waals surface area contributed by atoms with Gasteiger partial charge < -0.3 is 5.32 Å². The van der Waals surface area contributed by atoms with Crippen LogP contribution >= 0.6 is 0 Å². The van der Waals surface area contributed by atoms with Crippen LogP contribution in [0, 0.1) is 5.41 Å². The summed E-state index contributed by atoms with van der Waals surface area (Å²) in [5.74, 6) is -0.713. The third kappa shape index (κ3) is 5.46. The summed E-state index contributed by atoms with van der Waals surface area (Å²) in [6.07, 6.45) is 0.654. The van der Waals surface area contributed by atoms with Crippen LogP contribution in [0.15, 0.2) is 0 Å².